The van der Waals surface area contributed by atoms with E-state index in [1.165, 1.54) is 18.2 Å². The van der Waals surface area contributed by atoms with Crippen molar-refractivity contribution >= 4 is 39.9 Å². The molecule has 1 aliphatic rings. The van der Waals surface area contributed by atoms with E-state index in [1.807, 2.05) is 45.0 Å². The van der Waals surface area contributed by atoms with Gasteiger partial charge in [0.25, 0.3) is 0 Å². The number of aliphatic hydroxyl groups excluding tert-OH is 1. The van der Waals surface area contributed by atoms with Crippen molar-refractivity contribution in [3.8, 4) is 5.75 Å². The number of fused-ring (bicyclic) bond motifs is 1. The Bertz CT molecular complexity index is 1130. The Morgan fingerprint density at radius 1 is 1.21 bits per heavy atom. The maximum absolute atomic E-state index is 12.5. The van der Waals surface area contributed by atoms with Crippen LogP contribution in [-0.4, -0.2) is 49.6 Å². The lowest BCUT2D eigenvalue weighted by Crippen LogP contribution is -2.46. The summed E-state index contributed by atoms with van der Waals surface area (Å²) in [6, 6.07) is 11.9. The number of rotatable bonds is 9. The van der Waals surface area contributed by atoms with Crippen LogP contribution in [0.25, 0.3) is 0 Å². The minimum atomic E-state index is -3.57. The van der Waals surface area contributed by atoms with E-state index in [9.17, 15) is 23.4 Å². The van der Waals surface area contributed by atoms with Gasteiger partial charge in [0, 0.05) is 24.2 Å². The third-order valence-corrected chi connectivity index (χ3v) is 6.19. The monoisotopic (exact) mass is 513 g/mol. The van der Waals surface area contributed by atoms with Crippen LogP contribution in [0, 0.1) is 0 Å². The van der Waals surface area contributed by atoms with Gasteiger partial charge in [-0.3, -0.25) is 9.62 Å². The topological polar surface area (TPSA) is 128 Å². The van der Waals surface area contributed by atoms with Crippen molar-refractivity contribution in [2.75, 3.05) is 29.0 Å². The molecule has 0 bridgehead atoms. The molecule has 2 unspecified atom stereocenters. The smallest absolute Gasteiger partial charge is 0.414 e. The Morgan fingerprint density at radius 3 is 2.56 bits per heavy atom. The number of benzene rings is 2. The van der Waals surface area contributed by atoms with E-state index >= 15 is 0 Å². The van der Waals surface area contributed by atoms with Crippen molar-refractivity contribution in [3.63, 3.8) is 0 Å². The fraction of sp³-hybridized carbons (Fsp3) is 0.435. The Kier molecular flexibility index (Phi) is 8.81. The number of aromatic hydroxyl groups is 1. The van der Waals surface area contributed by atoms with E-state index in [-0.39, 0.29) is 42.6 Å². The van der Waals surface area contributed by atoms with Gasteiger partial charge in [-0.15, -0.1) is 12.4 Å². The number of cyclic esters (lactones) is 1. The van der Waals surface area contributed by atoms with E-state index in [1.54, 1.807) is 4.90 Å². The molecule has 188 valence electrons. The van der Waals surface area contributed by atoms with Crippen LogP contribution < -0.4 is 14.9 Å². The normalized spacial score (nSPS) is 16.8. The van der Waals surface area contributed by atoms with Crippen LogP contribution >= 0.6 is 12.4 Å². The fourth-order valence-corrected chi connectivity index (χ4v) is 4.24. The first-order valence-corrected chi connectivity index (χ1v) is 12.6. The predicted molar refractivity (Wildman–Crippen MR) is 134 cm³/mol. The van der Waals surface area contributed by atoms with Gasteiger partial charge in [0.05, 0.1) is 23.7 Å². The highest BCUT2D eigenvalue weighted by molar-refractivity contribution is 7.92. The van der Waals surface area contributed by atoms with Crippen LogP contribution in [0.1, 0.15) is 50.5 Å². The molecule has 0 aromatic heterocycles. The molecule has 0 saturated heterocycles. The molecule has 2 atom stereocenters. The molecule has 0 aliphatic carbocycles. The van der Waals surface area contributed by atoms with Crippen molar-refractivity contribution in [2.45, 2.75) is 44.9 Å². The number of hydrogen-bond donors (Lipinski definition) is 4. The molecule has 0 saturated carbocycles. The second-order valence-electron chi connectivity index (χ2n) is 8.92. The Labute approximate surface area is 206 Å². The number of nitrogens with one attached hydrogen (secondary N) is 2. The lowest BCUT2D eigenvalue weighted by Gasteiger charge is -2.35. The summed E-state index contributed by atoms with van der Waals surface area (Å²) in [5.41, 5.74) is 1.83. The first kappa shape index (κ1) is 27.7. The van der Waals surface area contributed by atoms with Crippen molar-refractivity contribution < 1.29 is 28.2 Å². The molecule has 2 aromatic rings. The lowest BCUT2D eigenvalue weighted by atomic mass is 9.98. The van der Waals surface area contributed by atoms with Crippen LogP contribution in [-0.2, 0) is 14.8 Å². The Balaban J connectivity index is 0.00000408. The first-order valence-electron chi connectivity index (χ1n) is 10.7. The maximum Gasteiger partial charge on any atom is 0.414 e. The number of nitrogens with zero attached hydrogens (tertiary/aromatic N) is 1. The molecular formula is C23H32ClN3O6S. The molecule has 34 heavy (non-hydrogen) atoms. The highest BCUT2D eigenvalue weighted by atomic mass is 35.5. The number of amides is 1. The van der Waals surface area contributed by atoms with Gasteiger partial charge in [0.1, 0.15) is 11.9 Å². The number of sulfonamides is 1. The van der Waals surface area contributed by atoms with Gasteiger partial charge >= 0.3 is 6.09 Å². The number of halogens is 1. The summed E-state index contributed by atoms with van der Waals surface area (Å²) in [7, 11) is -3.57. The Morgan fingerprint density at radius 2 is 1.88 bits per heavy atom. The third kappa shape index (κ3) is 6.99. The van der Waals surface area contributed by atoms with Gasteiger partial charge in [-0.1, -0.05) is 24.3 Å². The number of anilines is 2. The summed E-state index contributed by atoms with van der Waals surface area (Å²) in [6.07, 6.45) is -0.0395. The van der Waals surface area contributed by atoms with E-state index in [0.717, 1.165) is 17.5 Å². The van der Waals surface area contributed by atoms with Crippen LogP contribution in [0.15, 0.2) is 42.5 Å². The number of carbonyl (C=O) groups excluding carboxylic acids is 1. The summed E-state index contributed by atoms with van der Waals surface area (Å²) >= 11 is 0. The van der Waals surface area contributed by atoms with E-state index < -0.39 is 21.7 Å². The van der Waals surface area contributed by atoms with Crippen LogP contribution in [0.5, 0.6) is 5.75 Å². The number of β-amino-alcohol motifs (C(OH)–C–C–N with tert-alkyl or cyclic N) is 1. The molecule has 1 heterocycles. The van der Waals surface area contributed by atoms with Gasteiger partial charge < -0.3 is 20.3 Å². The number of phenols is 1. The zero-order valence-corrected chi connectivity index (χ0v) is 21.2. The molecule has 1 amide bonds. The standard InChI is InChI=1S/C23H31N3O6S.ClH/c1-15-17-7-5-6-8-19(17)26(22(29)32-15)12-11-23(2,3)24-14-21(28)16-9-10-20(27)18(13-16)25-33(4,30)31;/h5-10,13,15,21,24-25,27-28H,11-12,14H2,1-4H3;1H. The van der Waals surface area contributed by atoms with Gasteiger partial charge in [-0.25, -0.2) is 13.2 Å². The number of para-hydroxylation sites is 1. The summed E-state index contributed by atoms with van der Waals surface area (Å²) in [6.45, 7) is 6.41. The molecule has 2 aromatic carbocycles. The number of phenolic OH excluding ortho intramolecular Hbond substituents is 1. The van der Waals surface area contributed by atoms with Crippen LogP contribution in [0.4, 0.5) is 16.2 Å². The van der Waals surface area contributed by atoms with Crippen molar-refractivity contribution in [3.05, 3.63) is 53.6 Å². The zero-order valence-electron chi connectivity index (χ0n) is 19.6. The molecule has 0 spiro atoms. The third-order valence-electron chi connectivity index (χ3n) is 5.60. The number of hydrogen-bond acceptors (Lipinski definition) is 7. The molecular weight excluding hydrogens is 482 g/mol. The van der Waals surface area contributed by atoms with Crippen molar-refractivity contribution in [1.29, 1.82) is 0 Å². The van der Waals surface area contributed by atoms with E-state index in [0.29, 0.717) is 18.5 Å². The predicted octanol–water partition coefficient (Wildman–Crippen LogP) is 3.70. The average molecular weight is 514 g/mol. The second kappa shape index (κ2) is 10.8. The lowest BCUT2D eigenvalue weighted by molar-refractivity contribution is 0.107. The quantitative estimate of drug-likeness (QED) is 0.376. The maximum atomic E-state index is 12.5. The molecule has 9 nitrogen and oxygen atoms in total. The van der Waals surface area contributed by atoms with E-state index in [4.69, 9.17) is 4.74 Å². The second-order valence-corrected chi connectivity index (χ2v) is 10.7. The number of ether oxygens (including phenoxy) is 1. The van der Waals surface area contributed by atoms with Crippen LogP contribution in [0.3, 0.4) is 0 Å². The van der Waals surface area contributed by atoms with Crippen LogP contribution in [0.2, 0.25) is 0 Å². The number of carbonyl (C=O) groups is 1. The SMILES string of the molecule is CC1OC(=O)N(CCC(C)(C)NCC(O)c2ccc(O)c(NS(C)(=O)=O)c2)c2ccccc21.Cl. The molecule has 4 N–H and O–H groups in total. The largest absolute Gasteiger partial charge is 0.506 e. The van der Waals surface area contributed by atoms with Gasteiger partial charge in [0.2, 0.25) is 10.0 Å². The van der Waals surface area contributed by atoms with Crippen molar-refractivity contribution in [2.24, 2.45) is 0 Å². The minimum absolute atomic E-state index is 0. The van der Waals surface area contributed by atoms with Crippen molar-refractivity contribution in [1.82, 2.24) is 5.32 Å². The number of aliphatic hydroxyl groups is 1. The summed E-state index contributed by atoms with van der Waals surface area (Å²) in [5, 5.41) is 23.8. The first-order chi connectivity index (χ1) is 15.4. The van der Waals surface area contributed by atoms with E-state index in [2.05, 4.69) is 10.0 Å². The Hall–Kier alpha value is -2.53. The average Bonchev–Trinajstić information content (AvgIpc) is 2.72. The summed E-state index contributed by atoms with van der Waals surface area (Å²) in [5.74, 6) is -0.229. The summed E-state index contributed by atoms with van der Waals surface area (Å²) in [4.78, 5) is 14.1. The molecule has 0 radical (unpaired) electrons. The van der Waals surface area contributed by atoms with Gasteiger partial charge in [0.15, 0.2) is 0 Å². The fourth-order valence-electron chi connectivity index (χ4n) is 3.68. The molecule has 1 aliphatic heterocycles. The van der Waals surface area contributed by atoms with Gasteiger partial charge in [-0.2, -0.15) is 0 Å². The van der Waals surface area contributed by atoms with Gasteiger partial charge in [-0.05, 0) is 51.0 Å². The molecule has 0 fully saturated rings. The molecule has 3 rings (SSSR count). The minimum Gasteiger partial charge on any atom is -0.506 e. The highest BCUT2D eigenvalue weighted by Crippen LogP contribution is 2.34. The molecule has 11 heteroatoms. The highest BCUT2D eigenvalue weighted by Gasteiger charge is 2.31. The summed E-state index contributed by atoms with van der Waals surface area (Å²) < 4.78 is 30.6. The zero-order chi connectivity index (χ0) is 24.4.